The molecule has 2 aliphatic carbocycles. The van der Waals surface area contributed by atoms with E-state index in [9.17, 15) is 4.79 Å². The molecule has 15 heavy (non-hydrogen) atoms. The highest BCUT2D eigenvalue weighted by Gasteiger charge is 2.30. The molecule has 0 aromatic carbocycles. The summed E-state index contributed by atoms with van der Waals surface area (Å²) in [4.78, 5) is 11.8. The largest absolute Gasteiger partial charge is 0.396 e. The molecule has 2 rings (SSSR count). The van der Waals surface area contributed by atoms with E-state index in [2.05, 4.69) is 17.5 Å². The van der Waals surface area contributed by atoms with Crippen LogP contribution in [-0.2, 0) is 4.79 Å². The zero-order chi connectivity index (χ0) is 10.7. The lowest BCUT2D eigenvalue weighted by molar-refractivity contribution is -0.125. The summed E-state index contributed by atoms with van der Waals surface area (Å²) in [7, 11) is 0. The van der Waals surface area contributed by atoms with E-state index < -0.39 is 0 Å². The van der Waals surface area contributed by atoms with Crippen molar-refractivity contribution >= 4 is 5.91 Å². The van der Waals surface area contributed by atoms with Crippen molar-refractivity contribution in [3.8, 4) is 0 Å². The lowest BCUT2D eigenvalue weighted by Crippen LogP contribution is -2.41. The number of carbonyl (C=O) groups excluding carboxylic acids is 1. The molecule has 0 spiro atoms. The van der Waals surface area contributed by atoms with Crippen molar-refractivity contribution in [1.82, 2.24) is 5.32 Å². The fourth-order valence-electron chi connectivity index (χ4n) is 2.58. The molecule has 2 N–H and O–H groups in total. The normalized spacial score (nSPS) is 31.0. The summed E-state index contributed by atoms with van der Waals surface area (Å²) in [5.41, 5.74) is 0. The molecule has 0 aliphatic heterocycles. The molecule has 0 radical (unpaired) electrons. The Bertz CT molecular complexity index is 254. The second kappa shape index (κ2) is 4.79. The van der Waals surface area contributed by atoms with Gasteiger partial charge in [-0.25, -0.2) is 0 Å². The first-order valence-corrected chi connectivity index (χ1v) is 5.87. The molecule has 3 heteroatoms. The molecule has 0 aromatic rings. The van der Waals surface area contributed by atoms with Crippen LogP contribution in [0.25, 0.3) is 0 Å². The van der Waals surface area contributed by atoms with E-state index in [0.29, 0.717) is 0 Å². The monoisotopic (exact) mass is 209 g/mol. The van der Waals surface area contributed by atoms with Crippen molar-refractivity contribution in [3.63, 3.8) is 0 Å². The maximum Gasteiger partial charge on any atom is 0.223 e. The van der Waals surface area contributed by atoms with Crippen LogP contribution in [0.3, 0.4) is 0 Å². The average molecular weight is 209 g/mol. The number of hydrogen-bond donors (Lipinski definition) is 2. The second-order valence-corrected chi connectivity index (χ2v) is 4.63. The number of hydrogen-bond acceptors (Lipinski definition) is 2. The highest BCUT2D eigenvalue weighted by molar-refractivity contribution is 5.79. The maximum atomic E-state index is 11.8. The van der Waals surface area contributed by atoms with Crippen molar-refractivity contribution in [3.05, 3.63) is 12.2 Å². The van der Waals surface area contributed by atoms with E-state index in [4.69, 9.17) is 5.11 Å². The van der Waals surface area contributed by atoms with E-state index in [0.717, 1.165) is 32.1 Å². The van der Waals surface area contributed by atoms with Crippen LogP contribution in [-0.4, -0.2) is 23.7 Å². The summed E-state index contributed by atoms with van der Waals surface area (Å²) in [5.74, 6) is 0.596. The van der Waals surface area contributed by atoms with Gasteiger partial charge in [-0.1, -0.05) is 18.6 Å². The summed E-state index contributed by atoms with van der Waals surface area (Å²) in [6.07, 6.45) is 9.09. The van der Waals surface area contributed by atoms with Gasteiger partial charge in [0.25, 0.3) is 0 Å². The first-order chi connectivity index (χ1) is 7.31. The van der Waals surface area contributed by atoms with Gasteiger partial charge in [-0.2, -0.15) is 0 Å². The van der Waals surface area contributed by atoms with Gasteiger partial charge < -0.3 is 10.4 Å². The highest BCUT2D eigenvalue weighted by atomic mass is 16.3. The highest BCUT2D eigenvalue weighted by Crippen LogP contribution is 2.26. The minimum atomic E-state index is 0.143. The van der Waals surface area contributed by atoms with Crippen LogP contribution in [0.1, 0.15) is 32.1 Å². The van der Waals surface area contributed by atoms with Gasteiger partial charge in [0.05, 0.1) is 0 Å². The summed E-state index contributed by atoms with van der Waals surface area (Å²) < 4.78 is 0. The van der Waals surface area contributed by atoms with Crippen LogP contribution in [0.4, 0.5) is 0 Å². The summed E-state index contributed by atoms with van der Waals surface area (Å²) in [6, 6.07) is 0.211. The molecule has 84 valence electrons. The van der Waals surface area contributed by atoms with Gasteiger partial charge in [-0.15, -0.1) is 0 Å². The molecule has 1 saturated carbocycles. The third-order valence-corrected chi connectivity index (χ3v) is 3.60. The molecule has 2 atom stereocenters. The topological polar surface area (TPSA) is 49.3 Å². The third-order valence-electron chi connectivity index (χ3n) is 3.60. The van der Waals surface area contributed by atoms with E-state index in [1.807, 2.05) is 0 Å². The molecule has 1 fully saturated rings. The smallest absolute Gasteiger partial charge is 0.223 e. The number of aliphatic hydroxyl groups is 1. The summed E-state index contributed by atoms with van der Waals surface area (Å²) in [6.45, 7) is 0.202. The van der Waals surface area contributed by atoms with Crippen molar-refractivity contribution in [1.29, 1.82) is 0 Å². The fourth-order valence-corrected chi connectivity index (χ4v) is 2.58. The van der Waals surface area contributed by atoms with Crippen LogP contribution < -0.4 is 5.32 Å². The van der Waals surface area contributed by atoms with Crippen molar-refractivity contribution in [2.75, 3.05) is 6.61 Å². The van der Waals surface area contributed by atoms with Gasteiger partial charge in [0.2, 0.25) is 5.91 Å². The lowest BCUT2D eigenvalue weighted by Gasteiger charge is -2.21. The molecular formula is C12H19NO2. The maximum absolute atomic E-state index is 11.8. The Morgan fingerprint density at radius 1 is 1.33 bits per heavy atom. The zero-order valence-corrected chi connectivity index (χ0v) is 8.98. The molecule has 0 saturated heterocycles. The Labute approximate surface area is 90.6 Å². The molecule has 0 aromatic heterocycles. The third kappa shape index (κ3) is 2.40. The van der Waals surface area contributed by atoms with Crippen LogP contribution in [0, 0.1) is 11.8 Å². The number of aliphatic hydroxyl groups excluding tert-OH is 1. The van der Waals surface area contributed by atoms with E-state index in [1.54, 1.807) is 0 Å². The number of amides is 1. The Morgan fingerprint density at radius 3 is 2.73 bits per heavy atom. The molecule has 0 heterocycles. The quantitative estimate of drug-likeness (QED) is 0.687. The van der Waals surface area contributed by atoms with E-state index >= 15 is 0 Å². The zero-order valence-electron chi connectivity index (χ0n) is 8.98. The second-order valence-electron chi connectivity index (χ2n) is 4.63. The van der Waals surface area contributed by atoms with Crippen molar-refractivity contribution in [2.45, 2.75) is 38.1 Å². The Balaban J connectivity index is 1.82. The minimum absolute atomic E-state index is 0.143. The fraction of sp³-hybridized carbons (Fsp3) is 0.750. The number of rotatable bonds is 3. The van der Waals surface area contributed by atoms with Crippen molar-refractivity contribution < 1.29 is 9.90 Å². The molecule has 1 amide bonds. The number of carbonyl (C=O) groups is 1. The van der Waals surface area contributed by atoms with Crippen molar-refractivity contribution in [2.24, 2.45) is 11.8 Å². The molecule has 0 bridgehead atoms. The van der Waals surface area contributed by atoms with Crippen LogP contribution >= 0.6 is 0 Å². The average Bonchev–Trinajstić information content (AvgIpc) is 2.87. The van der Waals surface area contributed by atoms with Crippen LogP contribution in [0.2, 0.25) is 0 Å². The number of allylic oxidation sites excluding steroid dienone is 2. The summed E-state index contributed by atoms with van der Waals surface area (Å²) >= 11 is 0. The standard InChI is InChI=1S/C12H19NO2/c14-8-10-6-3-7-11(10)13-12(15)9-4-1-2-5-9/h1-2,9-11,14H,3-8H2,(H,13,15). The van der Waals surface area contributed by atoms with Gasteiger partial charge in [-0.3, -0.25) is 4.79 Å². The molecule has 3 nitrogen and oxygen atoms in total. The van der Waals surface area contributed by atoms with E-state index in [-0.39, 0.29) is 30.4 Å². The Kier molecular flexibility index (Phi) is 3.41. The van der Waals surface area contributed by atoms with Gasteiger partial charge in [0.1, 0.15) is 0 Å². The molecular weight excluding hydrogens is 190 g/mol. The van der Waals surface area contributed by atoms with Gasteiger partial charge in [-0.05, 0) is 25.7 Å². The first kappa shape index (κ1) is 10.7. The van der Waals surface area contributed by atoms with Gasteiger partial charge >= 0.3 is 0 Å². The van der Waals surface area contributed by atoms with Gasteiger partial charge in [0.15, 0.2) is 0 Å². The van der Waals surface area contributed by atoms with Crippen LogP contribution in [0.15, 0.2) is 12.2 Å². The minimum Gasteiger partial charge on any atom is -0.396 e. The van der Waals surface area contributed by atoms with E-state index in [1.165, 1.54) is 0 Å². The SMILES string of the molecule is O=C(NC1CCCC1CO)C1CC=CC1. The Hall–Kier alpha value is -0.830. The lowest BCUT2D eigenvalue weighted by atomic mass is 10.0. The first-order valence-electron chi connectivity index (χ1n) is 5.87. The predicted molar refractivity (Wildman–Crippen MR) is 58.2 cm³/mol. The molecule has 2 unspecified atom stereocenters. The van der Waals surface area contributed by atoms with Crippen LogP contribution in [0.5, 0.6) is 0 Å². The van der Waals surface area contributed by atoms with Gasteiger partial charge in [0, 0.05) is 24.5 Å². The predicted octanol–water partition coefficient (Wildman–Crippen LogP) is 1.23. The molecule has 2 aliphatic rings. The number of nitrogens with one attached hydrogen (secondary N) is 1. The Morgan fingerprint density at radius 2 is 2.07 bits per heavy atom. The summed E-state index contributed by atoms with van der Waals surface area (Å²) in [5, 5.41) is 12.2.